The van der Waals surface area contributed by atoms with E-state index in [1.165, 1.54) is 18.6 Å². The van der Waals surface area contributed by atoms with Crippen LogP contribution < -0.4 is 5.32 Å². The summed E-state index contributed by atoms with van der Waals surface area (Å²) in [6.07, 6.45) is 6.96. The maximum Gasteiger partial charge on any atom is 0.321 e. The molecule has 0 aromatic heterocycles. The van der Waals surface area contributed by atoms with Crippen molar-refractivity contribution in [2.75, 3.05) is 46.9 Å². The molecule has 2 saturated carbocycles. The highest BCUT2D eigenvalue weighted by Crippen LogP contribution is 2.49. The number of carbonyl (C=O) groups is 2. The average Bonchev–Trinajstić information content (AvgIpc) is 3.01. The Labute approximate surface area is 195 Å². The van der Waals surface area contributed by atoms with Gasteiger partial charge in [0.25, 0.3) is 0 Å². The van der Waals surface area contributed by atoms with Crippen molar-refractivity contribution in [2.24, 2.45) is 5.92 Å². The molecule has 3 fully saturated rings. The van der Waals surface area contributed by atoms with Gasteiger partial charge in [-0.3, -0.25) is 9.69 Å². The van der Waals surface area contributed by atoms with Gasteiger partial charge in [0.05, 0.1) is 12.1 Å². The number of nitrogens with one attached hydrogen (secondary N) is 1. The van der Waals surface area contributed by atoms with Gasteiger partial charge in [-0.05, 0) is 76.2 Å². The molecule has 2 aliphatic carbocycles. The predicted molar refractivity (Wildman–Crippen MR) is 124 cm³/mol. The van der Waals surface area contributed by atoms with Crippen LogP contribution >= 0.6 is 0 Å². The summed E-state index contributed by atoms with van der Waals surface area (Å²) >= 11 is 0. The highest BCUT2D eigenvalue weighted by Gasteiger charge is 2.55. The van der Waals surface area contributed by atoms with Crippen LogP contribution in [0, 0.1) is 11.7 Å². The Morgan fingerprint density at radius 1 is 1.18 bits per heavy atom. The fourth-order valence-electron chi connectivity index (χ4n) is 5.95. The lowest BCUT2D eigenvalue weighted by atomic mass is 9.68. The number of urea groups is 1. The number of carbonyl (C=O) groups excluding carboxylic acids is 2. The SMILES string of the molecule is CN(C)[C@]1(c2ccc(F)cc2)CC[C@]2(CC1)CN(CC(=O)NCCO)C(=O)N2CC1CCC1. The van der Waals surface area contributed by atoms with Gasteiger partial charge >= 0.3 is 6.03 Å². The van der Waals surface area contributed by atoms with Crippen LogP contribution in [0.3, 0.4) is 0 Å². The first-order chi connectivity index (χ1) is 15.8. The lowest BCUT2D eigenvalue weighted by Gasteiger charge is -2.51. The Balaban J connectivity index is 1.54. The van der Waals surface area contributed by atoms with E-state index in [1.54, 1.807) is 4.90 Å². The molecule has 3 amide bonds. The van der Waals surface area contributed by atoms with Crippen LogP contribution in [-0.2, 0) is 10.3 Å². The molecule has 1 aromatic rings. The third-order valence-electron chi connectivity index (χ3n) is 8.24. The van der Waals surface area contributed by atoms with Crippen molar-refractivity contribution in [3.8, 4) is 0 Å². The normalized spacial score (nSPS) is 28.0. The Hall–Kier alpha value is -2.19. The van der Waals surface area contributed by atoms with E-state index in [0.29, 0.717) is 12.5 Å². The summed E-state index contributed by atoms with van der Waals surface area (Å²) in [6.45, 7) is 1.42. The van der Waals surface area contributed by atoms with Crippen molar-refractivity contribution in [3.05, 3.63) is 35.6 Å². The number of aliphatic hydroxyl groups excluding tert-OH is 1. The first-order valence-corrected chi connectivity index (χ1v) is 12.2. The first kappa shape index (κ1) is 24.0. The summed E-state index contributed by atoms with van der Waals surface area (Å²) in [4.78, 5) is 31.7. The number of amides is 3. The molecule has 8 heteroatoms. The van der Waals surface area contributed by atoms with Crippen molar-refractivity contribution in [1.29, 1.82) is 0 Å². The van der Waals surface area contributed by atoms with Crippen molar-refractivity contribution in [1.82, 2.24) is 20.0 Å². The minimum atomic E-state index is -0.274. The molecular formula is C25H37FN4O3. The van der Waals surface area contributed by atoms with E-state index >= 15 is 0 Å². The van der Waals surface area contributed by atoms with Crippen molar-refractivity contribution >= 4 is 11.9 Å². The molecule has 1 aromatic carbocycles. The number of aliphatic hydroxyl groups is 1. The highest BCUT2D eigenvalue weighted by molar-refractivity contribution is 5.86. The number of nitrogens with zero attached hydrogens (tertiary/aromatic N) is 3. The summed E-state index contributed by atoms with van der Waals surface area (Å²) in [5, 5.41) is 11.6. The van der Waals surface area contributed by atoms with E-state index < -0.39 is 0 Å². The summed E-state index contributed by atoms with van der Waals surface area (Å²) in [5.74, 6) is 0.0811. The van der Waals surface area contributed by atoms with Gasteiger partial charge in [0.2, 0.25) is 5.91 Å². The van der Waals surface area contributed by atoms with Gasteiger partial charge in [-0.25, -0.2) is 9.18 Å². The number of benzene rings is 1. The van der Waals surface area contributed by atoms with E-state index in [1.807, 2.05) is 12.1 Å². The molecule has 0 bridgehead atoms. The Bertz CT molecular complexity index is 848. The molecular weight excluding hydrogens is 423 g/mol. The molecule has 33 heavy (non-hydrogen) atoms. The largest absolute Gasteiger partial charge is 0.395 e. The van der Waals surface area contributed by atoms with Gasteiger partial charge in [0.15, 0.2) is 0 Å². The smallest absolute Gasteiger partial charge is 0.321 e. The Morgan fingerprint density at radius 3 is 2.39 bits per heavy atom. The fraction of sp³-hybridized carbons (Fsp3) is 0.680. The predicted octanol–water partition coefficient (Wildman–Crippen LogP) is 2.54. The zero-order chi connectivity index (χ0) is 23.6. The molecule has 7 nitrogen and oxygen atoms in total. The van der Waals surface area contributed by atoms with Gasteiger partial charge < -0.3 is 20.2 Å². The van der Waals surface area contributed by atoms with Crippen LogP contribution in [0.2, 0.25) is 0 Å². The molecule has 1 aliphatic heterocycles. The van der Waals surface area contributed by atoms with Crippen LogP contribution in [0.4, 0.5) is 9.18 Å². The highest BCUT2D eigenvalue weighted by atomic mass is 19.1. The molecule has 0 radical (unpaired) electrons. The molecule has 182 valence electrons. The van der Waals surface area contributed by atoms with Crippen LogP contribution in [0.5, 0.6) is 0 Å². The van der Waals surface area contributed by atoms with Crippen LogP contribution in [0.15, 0.2) is 24.3 Å². The van der Waals surface area contributed by atoms with E-state index in [4.69, 9.17) is 5.11 Å². The summed E-state index contributed by atoms with van der Waals surface area (Å²) < 4.78 is 13.6. The summed E-state index contributed by atoms with van der Waals surface area (Å²) in [5.41, 5.74) is 0.637. The average molecular weight is 461 g/mol. The van der Waals surface area contributed by atoms with Crippen LogP contribution in [0.1, 0.15) is 50.5 Å². The monoisotopic (exact) mass is 460 g/mol. The third kappa shape index (κ3) is 4.60. The first-order valence-electron chi connectivity index (χ1n) is 12.2. The number of hydrogen-bond acceptors (Lipinski definition) is 4. The fourth-order valence-corrected chi connectivity index (χ4v) is 5.95. The van der Waals surface area contributed by atoms with E-state index in [2.05, 4.69) is 29.2 Å². The molecule has 2 N–H and O–H groups in total. The maximum atomic E-state index is 13.6. The molecule has 3 aliphatic rings. The van der Waals surface area contributed by atoms with Gasteiger partial charge in [0.1, 0.15) is 12.4 Å². The minimum Gasteiger partial charge on any atom is -0.395 e. The van der Waals surface area contributed by atoms with Crippen LogP contribution in [-0.4, -0.2) is 84.2 Å². The van der Waals surface area contributed by atoms with Gasteiger partial charge in [-0.15, -0.1) is 0 Å². The second kappa shape index (κ2) is 9.58. The Kier molecular flexibility index (Phi) is 6.96. The van der Waals surface area contributed by atoms with Crippen molar-refractivity contribution < 1.29 is 19.1 Å². The number of hydrogen-bond donors (Lipinski definition) is 2. The van der Waals surface area contributed by atoms with Gasteiger partial charge in [-0.1, -0.05) is 18.6 Å². The molecule has 0 unspecified atom stereocenters. The second-order valence-electron chi connectivity index (χ2n) is 10.3. The van der Waals surface area contributed by atoms with E-state index in [9.17, 15) is 14.0 Å². The Morgan fingerprint density at radius 2 is 1.85 bits per heavy atom. The second-order valence-corrected chi connectivity index (χ2v) is 10.3. The number of halogens is 1. The molecule has 0 atom stereocenters. The lowest BCUT2D eigenvalue weighted by molar-refractivity contribution is -0.121. The lowest BCUT2D eigenvalue weighted by Crippen LogP contribution is -2.56. The number of rotatable bonds is 8. The molecule has 1 spiro atoms. The van der Waals surface area contributed by atoms with E-state index in [0.717, 1.165) is 50.6 Å². The maximum absolute atomic E-state index is 13.6. The van der Waals surface area contributed by atoms with Gasteiger partial charge in [-0.2, -0.15) is 0 Å². The summed E-state index contributed by atoms with van der Waals surface area (Å²) in [6, 6.07) is 6.79. The zero-order valence-corrected chi connectivity index (χ0v) is 19.9. The molecule has 4 rings (SSSR count). The standard InChI is InChI=1S/C25H37FN4O3/c1-28(2)25(20-6-8-21(26)9-7-20)12-10-24(11-13-25)18-29(17-22(32)27-14-15-31)23(33)30(24)16-19-4-3-5-19/h6-9,19,31H,3-5,10-18H2,1-2H3,(H,27,32)/t24-,25+. The van der Waals surface area contributed by atoms with E-state index in [-0.39, 0.29) is 48.5 Å². The zero-order valence-electron chi connectivity index (χ0n) is 19.9. The van der Waals surface area contributed by atoms with Crippen LogP contribution in [0.25, 0.3) is 0 Å². The van der Waals surface area contributed by atoms with Gasteiger partial charge in [0, 0.05) is 25.2 Å². The molecule has 1 saturated heterocycles. The van der Waals surface area contributed by atoms with Crippen molar-refractivity contribution in [2.45, 2.75) is 56.0 Å². The quantitative estimate of drug-likeness (QED) is 0.625. The van der Waals surface area contributed by atoms with Crippen molar-refractivity contribution in [3.63, 3.8) is 0 Å². The minimum absolute atomic E-state index is 0.0263. The summed E-state index contributed by atoms with van der Waals surface area (Å²) in [7, 11) is 4.15. The topological polar surface area (TPSA) is 76.1 Å². The third-order valence-corrected chi connectivity index (χ3v) is 8.24. The molecule has 1 heterocycles.